The third-order valence-electron chi connectivity index (χ3n) is 14.6. The van der Waals surface area contributed by atoms with Crippen LogP contribution < -0.4 is 20.7 Å². The minimum Gasteiger partial charge on any atom is -0.454 e. The Bertz CT molecular complexity index is 4130. The second-order valence-corrected chi connectivity index (χ2v) is 22.2. The Labute approximate surface area is 406 Å². The van der Waals surface area contributed by atoms with E-state index >= 15 is 0 Å². The lowest BCUT2D eigenvalue weighted by molar-refractivity contribution is 0.666. The molecular weight excluding hydrogens is 865 g/mol. The average Bonchev–Trinajstić information content (AvgIpc) is 4.10. The summed E-state index contributed by atoms with van der Waals surface area (Å²) in [6.45, 7) is 0. The molecule has 0 spiro atoms. The summed E-state index contributed by atoms with van der Waals surface area (Å²) >= 11 is 0. The average molecular weight is 909 g/mol. The highest BCUT2D eigenvalue weighted by molar-refractivity contribution is 7.19. The van der Waals surface area contributed by atoms with Crippen LogP contribution in [0.2, 0.25) is 0 Å². The van der Waals surface area contributed by atoms with Gasteiger partial charge in [-0.2, -0.15) is 0 Å². The van der Waals surface area contributed by atoms with Crippen LogP contribution in [0.25, 0.3) is 99.2 Å². The third kappa shape index (κ3) is 6.07. The first-order valence-corrected chi connectivity index (χ1v) is 26.1. The largest absolute Gasteiger partial charge is 0.454 e. The number of furan rings is 1. The highest BCUT2D eigenvalue weighted by Crippen LogP contribution is 2.44. The number of nitrogens with zero attached hydrogens (tertiary/aromatic N) is 2. The first-order chi connectivity index (χ1) is 34.7. The zero-order chi connectivity index (χ0) is 46.2. The van der Waals surface area contributed by atoms with Gasteiger partial charge < -0.3 is 13.6 Å². The molecule has 0 N–H and O–H groups in total. The van der Waals surface area contributed by atoms with Gasteiger partial charge in [0.15, 0.2) is 13.7 Å². The number of hydrogen-bond donors (Lipinski definition) is 0. The first kappa shape index (κ1) is 40.1. The number of hydrogen-bond acceptors (Lipinski definition) is 1. The molecule has 0 radical (unpaired) electrons. The molecule has 0 aliphatic rings. The molecule has 14 rings (SSSR count). The van der Waals surface area contributed by atoms with Gasteiger partial charge in [0.05, 0.1) is 27.8 Å². The second-order valence-electron chi connectivity index (χ2n) is 18.4. The summed E-state index contributed by atoms with van der Waals surface area (Å²) in [5, 5.41) is 12.5. The Hall–Kier alpha value is -8.96. The molecule has 328 valence electrons. The minimum atomic E-state index is -2.78. The Morgan fingerprint density at radius 1 is 0.300 bits per heavy atom. The van der Waals surface area contributed by atoms with E-state index in [9.17, 15) is 0 Å². The molecule has 0 unspecified atom stereocenters. The van der Waals surface area contributed by atoms with Crippen LogP contribution in [-0.4, -0.2) is 17.2 Å². The van der Waals surface area contributed by atoms with Crippen LogP contribution in [0.4, 0.5) is 0 Å². The number of para-hydroxylation sites is 4. The molecule has 0 atom stereocenters. The summed E-state index contributed by atoms with van der Waals surface area (Å²) < 4.78 is 12.1. The quantitative estimate of drug-likeness (QED) is 0.110. The van der Waals surface area contributed by atoms with E-state index in [0.29, 0.717) is 0 Å². The van der Waals surface area contributed by atoms with Crippen LogP contribution in [0.1, 0.15) is 0 Å². The van der Waals surface area contributed by atoms with Gasteiger partial charge >= 0.3 is 0 Å². The SMILES string of the molecule is c1ccc(-c2cc(-c3cccc([Si](c4ccccc4)(c4ccccc4)c4ccccc4)c3)cc3oc4c(-n5c6ccccc6c6cc(-n7c8ccccc8c8ccccc87)ccc65)cccc4c23)cc1. The standard InChI is InChI=1S/C66H44N2OSi/c1-5-21-45(22-6-1)57-42-47(46-23-19-30-52(41-46)70(49-24-7-2-8-25-49,50-26-9-3-10-27-50)51-28-11-4-12-29-51)43-64-65(57)56-34-20-38-63(66(56)69-64)68-61-37-18-15-33-55(61)58-44-48(39-40-62(58)68)67-59-35-16-13-31-53(59)54-32-14-17-36-60(54)67/h1-44H. The highest BCUT2D eigenvalue weighted by Gasteiger charge is 2.41. The second kappa shape index (κ2) is 16.1. The number of benzene rings is 11. The molecule has 4 heteroatoms. The summed E-state index contributed by atoms with van der Waals surface area (Å²) in [6, 6.07) is 98.0. The minimum absolute atomic E-state index is 0.858. The van der Waals surface area contributed by atoms with Gasteiger partial charge in [-0.05, 0) is 97.6 Å². The van der Waals surface area contributed by atoms with Crippen molar-refractivity contribution in [3.05, 3.63) is 267 Å². The van der Waals surface area contributed by atoms with Gasteiger partial charge in [-0.1, -0.05) is 212 Å². The first-order valence-electron chi connectivity index (χ1n) is 24.1. The molecule has 0 fully saturated rings. The van der Waals surface area contributed by atoms with E-state index in [4.69, 9.17) is 4.42 Å². The van der Waals surface area contributed by atoms with Crippen LogP contribution in [0, 0.1) is 0 Å². The summed E-state index contributed by atoms with van der Waals surface area (Å²) in [7, 11) is -2.78. The van der Waals surface area contributed by atoms with Crippen molar-refractivity contribution in [3.63, 3.8) is 0 Å². The molecule has 14 aromatic rings. The van der Waals surface area contributed by atoms with Crippen molar-refractivity contribution in [2.24, 2.45) is 0 Å². The zero-order valence-corrected chi connectivity index (χ0v) is 39.2. The fourth-order valence-corrected chi connectivity index (χ4v) is 16.5. The van der Waals surface area contributed by atoms with E-state index in [1.165, 1.54) is 53.3 Å². The summed E-state index contributed by atoms with van der Waals surface area (Å²) in [5.41, 5.74) is 13.1. The van der Waals surface area contributed by atoms with Gasteiger partial charge in [-0.15, -0.1) is 0 Å². The van der Waals surface area contributed by atoms with Crippen LogP contribution in [-0.2, 0) is 0 Å². The van der Waals surface area contributed by atoms with E-state index < -0.39 is 8.07 Å². The third-order valence-corrected chi connectivity index (χ3v) is 19.4. The van der Waals surface area contributed by atoms with Gasteiger partial charge in [0.1, 0.15) is 5.58 Å². The maximum Gasteiger partial charge on any atom is 0.179 e. The molecule has 11 aromatic carbocycles. The molecular formula is C66H44N2OSi. The molecule has 0 saturated heterocycles. The zero-order valence-electron chi connectivity index (χ0n) is 38.2. The molecule has 3 nitrogen and oxygen atoms in total. The van der Waals surface area contributed by atoms with Crippen LogP contribution in [0.3, 0.4) is 0 Å². The van der Waals surface area contributed by atoms with Crippen molar-refractivity contribution in [1.29, 1.82) is 0 Å². The molecule has 0 saturated carbocycles. The maximum absolute atomic E-state index is 7.30. The topological polar surface area (TPSA) is 23.0 Å². The Kier molecular flexibility index (Phi) is 9.23. The monoisotopic (exact) mass is 908 g/mol. The van der Waals surface area contributed by atoms with Crippen LogP contribution in [0.15, 0.2) is 271 Å². The normalized spacial score (nSPS) is 12.0. The lowest BCUT2D eigenvalue weighted by atomic mass is 9.94. The Morgan fingerprint density at radius 3 is 1.39 bits per heavy atom. The van der Waals surface area contributed by atoms with Gasteiger partial charge in [0.2, 0.25) is 0 Å². The summed E-state index contributed by atoms with van der Waals surface area (Å²) in [6.07, 6.45) is 0. The molecule has 0 bridgehead atoms. The molecule has 0 aliphatic heterocycles. The van der Waals surface area contributed by atoms with Crippen molar-refractivity contribution >= 4 is 94.4 Å². The van der Waals surface area contributed by atoms with Crippen molar-refractivity contribution in [1.82, 2.24) is 9.13 Å². The molecule has 0 amide bonds. The maximum atomic E-state index is 7.30. The molecule has 3 heterocycles. The van der Waals surface area contributed by atoms with Gasteiger partial charge in [-0.3, -0.25) is 0 Å². The molecule has 3 aromatic heterocycles. The Morgan fingerprint density at radius 2 is 0.771 bits per heavy atom. The lowest BCUT2D eigenvalue weighted by Crippen LogP contribution is -2.74. The van der Waals surface area contributed by atoms with Gasteiger partial charge in [0, 0.05) is 38.0 Å². The smallest absolute Gasteiger partial charge is 0.179 e. The number of fused-ring (bicyclic) bond motifs is 9. The fraction of sp³-hybridized carbons (Fsp3) is 0. The number of aromatic nitrogens is 2. The van der Waals surface area contributed by atoms with Crippen molar-refractivity contribution in [2.45, 2.75) is 0 Å². The van der Waals surface area contributed by atoms with E-state index in [2.05, 4.69) is 276 Å². The molecule has 70 heavy (non-hydrogen) atoms. The van der Waals surface area contributed by atoms with Crippen LogP contribution >= 0.6 is 0 Å². The van der Waals surface area contributed by atoms with Gasteiger partial charge in [0.25, 0.3) is 0 Å². The Balaban J connectivity index is 0.985. The predicted octanol–water partition coefficient (Wildman–Crippen LogP) is 14.5. The van der Waals surface area contributed by atoms with Crippen LogP contribution in [0.5, 0.6) is 0 Å². The number of rotatable bonds is 8. The fourth-order valence-electron chi connectivity index (χ4n) is 11.7. The molecule has 0 aliphatic carbocycles. The van der Waals surface area contributed by atoms with Crippen molar-refractivity contribution in [3.8, 4) is 33.6 Å². The van der Waals surface area contributed by atoms with E-state index in [0.717, 1.165) is 66.6 Å². The van der Waals surface area contributed by atoms with E-state index in [1.54, 1.807) is 0 Å². The van der Waals surface area contributed by atoms with E-state index in [-0.39, 0.29) is 0 Å². The van der Waals surface area contributed by atoms with E-state index in [1.807, 2.05) is 0 Å². The van der Waals surface area contributed by atoms with Gasteiger partial charge in [-0.25, -0.2) is 0 Å². The van der Waals surface area contributed by atoms with Crippen molar-refractivity contribution < 1.29 is 4.42 Å². The summed E-state index contributed by atoms with van der Waals surface area (Å²) in [4.78, 5) is 0. The predicted molar refractivity (Wildman–Crippen MR) is 297 cm³/mol. The highest BCUT2D eigenvalue weighted by atomic mass is 28.3. The summed E-state index contributed by atoms with van der Waals surface area (Å²) in [5.74, 6) is 0. The van der Waals surface area contributed by atoms with Crippen molar-refractivity contribution in [2.75, 3.05) is 0 Å². The lowest BCUT2D eigenvalue weighted by Gasteiger charge is -2.34.